The second-order valence-electron chi connectivity index (χ2n) is 5.15. The second-order valence-corrected chi connectivity index (χ2v) is 6.10. The lowest BCUT2D eigenvalue weighted by Crippen LogP contribution is -2.14. The van der Waals surface area contributed by atoms with Gasteiger partial charge in [0.1, 0.15) is 17.4 Å². The first-order valence-corrected chi connectivity index (χ1v) is 8.41. The molecule has 0 spiro atoms. The maximum absolute atomic E-state index is 13.5. The third kappa shape index (κ3) is 4.80. The molecule has 0 bridgehead atoms. The van der Waals surface area contributed by atoms with Gasteiger partial charge in [0, 0.05) is 5.69 Å². The van der Waals surface area contributed by atoms with E-state index in [2.05, 4.69) is 20.5 Å². The Bertz CT molecular complexity index is 890. The number of aromatic nitrogens is 3. The largest absolute Gasteiger partial charge is 0.465 e. The van der Waals surface area contributed by atoms with Crippen molar-refractivity contribution >= 4 is 35.5 Å². The molecule has 0 saturated heterocycles. The molecule has 0 unspecified atom stereocenters. The van der Waals surface area contributed by atoms with Crippen LogP contribution < -0.4 is 5.32 Å². The lowest BCUT2D eigenvalue weighted by Gasteiger charge is -2.05. The maximum atomic E-state index is 13.5. The number of furan rings is 1. The number of anilines is 1. The van der Waals surface area contributed by atoms with Crippen LogP contribution in [0.1, 0.15) is 17.1 Å². The van der Waals surface area contributed by atoms with E-state index in [-0.39, 0.29) is 17.5 Å². The van der Waals surface area contributed by atoms with Gasteiger partial charge < -0.3 is 9.73 Å². The summed E-state index contributed by atoms with van der Waals surface area (Å²) in [5.74, 6) is 0.766. The van der Waals surface area contributed by atoms with Crippen LogP contribution in [0.25, 0.3) is 12.2 Å². The summed E-state index contributed by atoms with van der Waals surface area (Å²) in [7, 11) is 0. The van der Waals surface area contributed by atoms with Crippen LogP contribution in [0.5, 0.6) is 0 Å². The van der Waals surface area contributed by atoms with Gasteiger partial charge in [-0.05, 0) is 48.9 Å². The standard InChI is InChI=1S/C17H15FN4O2S/c1-11-4-5-12(9-14(11)18)19-16(23)10-25-17-20-15(21-22-17)7-6-13-3-2-8-24-13/h2-9H,10H2,1H3,(H,19,23)(H,20,21,22)/b7-6+. The fourth-order valence-electron chi connectivity index (χ4n) is 1.94. The number of carbonyl (C=O) groups excluding carboxylic acids is 1. The third-order valence-corrected chi connectivity index (χ3v) is 4.07. The van der Waals surface area contributed by atoms with E-state index < -0.39 is 0 Å². The molecule has 3 rings (SSSR count). The Morgan fingerprint density at radius 1 is 1.40 bits per heavy atom. The number of aryl methyl sites for hydroxylation is 1. The average molecular weight is 358 g/mol. The molecule has 0 saturated carbocycles. The number of nitrogens with zero attached hydrogens (tertiary/aromatic N) is 2. The Hall–Kier alpha value is -2.87. The zero-order valence-corrected chi connectivity index (χ0v) is 14.1. The molecule has 25 heavy (non-hydrogen) atoms. The average Bonchev–Trinajstić information content (AvgIpc) is 3.26. The van der Waals surface area contributed by atoms with Crippen LogP contribution in [-0.2, 0) is 4.79 Å². The first kappa shape index (κ1) is 17.0. The Balaban J connectivity index is 1.51. The smallest absolute Gasteiger partial charge is 0.234 e. The predicted octanol–water partition coefficient (Wildman–Crippen LogP) is 3.75. The lowest BCUT2D eigenvalue weighted by molar-refractivity contribution is -0.113. The number of hydrogen-bond acceptors (Lipinski definition) is 5. The van der Waals surface area contributed by atoms with Crippen LogP contribution in [-0.4, -0.2) is 26.8 Å². The first-order chi connectivity index (χ1) is 12.1. The van der Waals surface area contributed by atoms with E-state index in [9.17, 15) is 9.18 Å². The van der Waals surface area contributed by atoms with Gasteiger partial charge in [0.25, 0.3) is 0 Å². The molecular weight excluding hydrogens is 343 g/mol. The van der Waals surface area contributed by atoms with E-state index in [4.69, 9.17) is 4.42 Å². The lowest BCUT2D eigenvalue weighted by atomic mass is 10.2. The van der Waals surface area contributed by atoms with Crippen LogP contribution in [0.3, 0.4) is 0 Å². The molecule has 0 fully saturated rings. The molecule has 2 aromatic heterocycles. The fraction of sp³-hybridized carbons (Fsp3) is 0.118. The minimum atomic E-state index is -0.354. The minimum Gasteiger partial charge on any atom is -0.465 e. The van der Waals surface area contributed by atoms with Crippen molar-refractivity contribution in [1.82, 2.24) is 15.2 Å². The number of H-pyrrole nitrogens is 1. The number of rotatable bonds is 6. The van der Waals surface area contributed by atoms with Crippen LogP contribution >= 0.6 is 11.8 Å². The van der Waals surface area contributed by atoms with Crippen molar-refractivity contribution in [2.24, 2.45) is 0 Å². The number of nitrogens with one attached hydrogen (secondary N) is 2. The molecular formula is C17H15FN4O2S. The van der Waals surface area contributed by atoms with Gasteiger partial charge in [-0.15, -0.1) is 5.10 Å². The van der Waals surface area contributed by atoms with Gasteiger partial charge in [-0.2, -0.15) is 0 Å². The Morgan fingerprint density at radius 2 is 2.28 bits per heavy atom. The summed E-state index contributed by atoms with van der Waals surface area (Å²) in [4.78, 5) is 16.2. The Morgan fingerprint density at radius 3 is 3.04 bits per heavy atom. The summed E-state index contributed by atoms with van der Waals surface area (Å²) >= 11 is 1.18. The molecule has 8 heteroatoms. The number of hydrogen-bond donors (Lipinski definition) is 2. The zero-order chi connectivity index (χ0) is 17.6. The molecule has 0 aliphatic heterocycles. The van der Waals surface area contributed by atoms with Crippen molar-refractivity contribution in [3.05, 3.63) is 59.6 Å². The molecule has 2 N–H and O–H groups in total. The number of carbonyl (C=O) groups is 1. The van der Waals surface area contributed by atoms with Gasteiger partial charge in [-0.25, -0.2) is 9.37 Å². The summed E-state index contributed by atoms with van der Waals surface area (Å²) in [5, 5.41) is 9.88. The van der Waals surface area contributed by atoms with E-state index in [1.54, 1.807) is 43.5 Å². The molecule has 2 heterocycles. The highest BCUT2D eigenvalue weighted by atomic mass is 32.2. The number of thioether (sulfide) groups is 1. The van der Waals surface area contributed by atoms with Gasteiger partial charge in [0.15, 0.2) is 0 Å². The van der Waals surface area contributed by atoms with Crippen LogP contribution in [0.4, 0.5) is 10.1 Å². The molecule has 0 radical (unpaired) electrons. The van der Waals surface area contributed by atoms with Gasteiger partial charge in [0.05, 0.1) is 12.0 Å². The van der Waals surface area contributed by atoms with E-state index >= 15 is 0 Å². The number of halogens is 1. The molecule has 0 atom stereocenters. The summed E-state index contributed by atoms with van der Waals surface area (Å²) in [5.41, 5.74) is 0.953. The molecule has 6 nitrogen and oxygen atoms in total. The number of aromatic amines is 1. The molecule has 0 aliphatic rings. The predicted molar refractivity (Wildman–Crippen MR) is 94.5 cm³/mol. The highest BCUT2D eigenvalue weighted by Crippen LogP contribution is 2.16. The Kier molecular flexibility index (Phi) is 5.30. The first-order valence-electron chi connectivity index (χ1n) is 7.43. The fourth-order valence-corrected chi connectivity index (χ4v) is 2.55. The van der Waals surface area contributed by atoms with Crippen LogP contribution in [0.15, 0.2) is 46.2 Å². The van der Waals surface area contributed by atoms with E-state index in [1.807, 2.05) is 6.07 Å². The van der Waals surface area contributed by atoms with E-state index in [0.717, 1.165) is 0 Å². The maximum Gasteiger partial charge on any atom is 0.234 e. The molecule has 1 aromatic carbocycles. The molecule has 3 aromatic rings. The van der Waals surface area contributed by atoms with E-state index in [1.165, 1.54) is 17.8 Å². The number of benzene rings is 1. The summed E-state index contributed by atoms with van der Waals surface area (Å²) < 4.78 is 18.6. The van der Waals surface area contributed by atoms with E-state index in [0.29, 0.717) is 28.0 Å². The van der Waals surface area contributed by atoms with Crippen LogP contribution in [0, 0.1) is 12.7 Å². The van der Waals surface area contributed by atoms with Gasteiger partial charge >= 0.3 is 0 Å². The monoisotopic (exact) mass is 358 g/mol. The zero-order valence-electron chi connectivity index (χ0n) is 13.3. The SMILES string of the molecule is Cc1ccc(NC(=O)CSc2n[nH]c(/C=C/c3ccco3)n2)cc1F. The van der Waals surface area contributed by atoms with Gasteiger partial charge in [0.2, 0.25) is 11.1 Å². The van der Waals surface area contributed by atoms with Crippen molar-refractivity contribution < 1.29 is 13.6 Å². The molecule has 128 valence electrons. The topological polar surface area (TPSA) is 83.8 Å². The third-order valence-electron chi connectivity index (χ3n) is 3.22. The molecule has 0 aliphatic carbocycles. The van der Waals surface area contributed by atoms with Crippen molar-refractivity contribution in [3.63, 3.8) is 0 Å². The summed E-state index contributed by atoms with van der Waals surface area (Å²) in [6.45, 7) is 1.66. The highest BCUT2D eigenvalue weighted by Gasteiger charge is 2.08. The minimum absolute atomic E-state index is 0.120. The Labute approximate surface area is 147 Å². The normalized spacial score (nSPS) is 11.1. The number of amides is 1. The van der Waals surface area contributed by atoms with Crippen molar-refractivity contribution in [2.45, 2.75) is 12.1 Å². The molecule has 1 amide bonds. The van der Waals surface area contributed by atoms with Crippen molar-refractivity contribution in [1.29, 1.82) is 0 Å². The summed E-state index contributed by atoms with van der Waals surface area (Å²) in [6, 6.07) is 8.18. The van der Waals surface area contributed by atoms with Crippen molar-refractivity contribution in [2.75, 3.05) is 11.1 Å². The quantitative estimate of drug-likeness (QED) is 0.656. The van der Waals surface area contributed by atoms with Gasteiger partial charge in [-0.3, -0.25) is 9.89 Å². The highest BCUT2D eigenvalue weighted by molar-refractivity contribution is 7.99. The second kappa shape index (κ2) is 7.80. The van der Waals surface area contributed by atoms with Crippen LogP contribution in [0.2, 0.25) is 0 Å². The summed E-state index contributed by atoms with van der Waals surface area (Å²) in [6.07, 6.45) is 5.07. The van der Waals surface area contributed by atoms with Gasteiger partial charge in [-0.1, -0.05) is 17.8 Å². The van der Waals surface area contributed by atoms with Crippen molar-refractivity contribution in [3.8, 4) is 0 Å².